The van der Waals surface area contributed by atoms with Crippen LogP contribution in [-0.2, 0) is 0 Å². The standard InChI is InChI=1S/C12H24/c1-6-8-12(5)10(4)11(12)9(3)7-2/h9-11H,6-8H2,1-5H3. The molecule has 12 heavy (non-hydrogen) atoms. The van der Waals surface area contributed by atoms with E-state index < -0.39 is 0 Å². The Morgan fingerprint density at radius 2 is 1.92 bits per heavy atom. The van der Waals surface area contributed by atoms with Gasteiger partial charge in [-0.2, -0.15) is 0 Å². The van der Waals surface area contributed by atoms with E-state index in [1.807, 2.05) is 0 Å². The van der Waals surface area contributed by atoms with Gasteiger partial charge in [-0.05, 0) is 29.6 Å². The monoisotopic (exact) mass is 168 g/mol. The van der Waals surface area contributed by atoms with Crippen LogP contribution in [0.25, 0.3) is 0 Å². The molecule has 1 fully saturated rings. The maximum absolute atomic E-state index is 2.48. The van der Waals surface area contributed by atoms with Crippen LogP contribution in [0.1, 0.15) is 53.9 Å². The van der Waals surface area contributed by atoms with Gasteiger partial charge in [0.2, 0.25) is 0 Å². The molecule has 0 heterocycles. The fraction of sp³-hybridized carbons (Fsp3) is 1.00. The summed E-state index contributed by atoms with van der Waals surface area (Å²) in [6, 6.07) is 0. The summed E-state index contributed by atoms with van der Waals surface area (Å²) >= 11 is 0. The highest BCUT2D eigenvalue weighted by molar-refractivity contribution is 5.06. The lowest BCUT2D eigenvalue weighted by Gasteiger charge is -2.13. The Morgan fingerprint density at radius 3 is 2.33 bits per heavy atom. The third-order valence-electron chi connectivity index (χ3n) is 4.28. The zero-order chi connectivity index (χ0) is 9.35. The Morgan fingerprint density at radius 1 is 1.33 bits per heavy atom. The molecule has 0 nitrogen and oxygen atoms in total. The zero-order valence-corrected chi connectivity index (χ0v) is 9.35. The summed E-state index contributed by atoms with van der Waals surface area (Å²) in [5.74, 6) is 2.94. The van der Waals surface area contributed by atoms with Gasteiger partial charge in [0.05, 0.1) is 0 Å². The number of hydrogen-bond donors (Lipinski definition) is 0. The predicted molar refractivity (Wildman–Crippen MR) is 55.1 cm³/mol. The van der Waals surface area contributed by atoms with E-state index in [0.717, 1.165) is 17.8 Å². The van der Waals surface area contributed by atoms with Crippen LogP contribution >= 0.6 is 0 Å². The van der Waals surface area contributed by atoms with Crippen molar-refractivity contribution in [2.24, 2.45) is 23.2 Å². The molecule has 0 aromatic carbocycles. The van der Waals surface area contributed by atoms with Gasteiger partial charge >= 0.3 is 0 Å². The first-order chi connectivity index (χ1) is 5.57. The lowest BCUT2D eigenvalue weighted by Crippen LogP contribution is -2.04. The lowest BCUT2D eigenvalue weighted by molar-refractivity contribution is 0.369. The minimum Gasteiger partial charge on any atom is -0.0654 e. The van der Waals surface area contributed by atoms with Crippen LogP contribution in [0.2, 0.25) is 0 Å². The third kappa shape index (κ3) is 1.41. The highest BCUT2D eigenvalue weighted by atomic mass is 14.6. The van der Waals surface area contributed by atoms with Gasteiger partial charge in [-0.15, -0.1) is 0 Å². The molecule has 0 heteroatoms. The van der Waals surface area contributed by atoms with Gasteiger partial charge in [-0.1, -0.05) is 47.5 Å². The third-order valence-corrected chi connectivity index (χ3v) is 4.28. The molecule has 0 aromatic rings. The summed E-state index contributed by atoms with van der Waals surface area (Å²) in [7, 11) is 0. The van der Waals surface area contributed by atoms with E-state index in [9.17, 15) is 0 Å². The maximum atomic E-state index is 2.48. The van der Waals surface area contributed by atoms with Gasteiger partial charge in [0.25, 0.3) is 0 Å². The smallest absolute Gasteiger partial charge is 0.0264 e. The predicted octanol–water partition coefficient (Wildman–Crippen LogP) is 4.10. The molecule has 1 aliphatic rings. The molecule has 4 unspecified atom stereocenters. The van der Waals surface area contributed by atoms with Crippen LogP contribution in [0.5, 0.6) is 0 Å². The first-order valence-electron chi connectivity index (χ1n) is 5.57. The van der Waals surface area contributed by atoms with Crippen LogP contribution in [0.3, 0.4) is 0 Å². The molecule has 0 N–H and O–H groups in total. The molecule has 0 aliphatic heterocycles. The molecule has 0 bridgehead atoms. The van der Waals surface area contributed by atoms with Crippen LogP contribution in [0.4, 0.5) is 0 Å². The van der Waals surface area contributed by atoms with Gasteiger partial charge < -0.3 is 0 Å². The van der Waals surface area contributed by atoms with Gasteiger partial charge in [-0.25, -0.2) is 0 Å². The van der Waals surface area contributed by atoms with Crippen molar-refractivity contribution in [1.29, 1.82) is 0 Å². The van der Waals surface area contributed by atoms with E-state index in [1.54, 1.807) is 0 Å². The average molecular weight is 168 g/mol. The molecule has 1 rings (SSSR count). The highest BCUT2D eigenvalue weighted by Gasteiger charge is 2.58. The quantitative estimate of drug-likeness (QED) is 0.592. The first-order valence-corrected chi connectivity index (χ1v) is 5.57. The second-order valence-corrected chi connectivity index (χ2v) is 4.96. The van der Waals surface area contributed by atoms with Crippen LogP contribution in [-0.4, -0.2) is 0 Å². The molecule has 0 radical (unpaired) electrons. The SMILES string of the molecule is CCCC1(C)C(C)C1C(C)CC. The summed E-state index contributed by atoms with van der Waals surface area (Å²) < 4.78 is 0. The number of hydrogen-bond acceptors (Lipinski definition) is 0. The van der Waals surface area contributed by atoms with Gasteiger partial charge in [0.15, 0.2) is 0 Å². The summed E-state index contributed by atoms with van der Waals surface area (Å²) in [4.78, 5) is 0. The van der Waals surface area contributed by atoms with Crippen molar-refractivity contribution in [2.45, 2.75) is 53.9 Å². The summed E-state index contributed by atoms with van der Waals surface area (Å²) in [5.41, 5.74) is 0.699. The van der Waals surface area contributed by atoms with Gasteiger partial charge in [-0.3, -0.25) is 0 Å². The first kappa shape index (κ1) is 10.1. The second-order valence-electron chi connectivity index (χ2n) is 4.96. The molecule has 72 valence electrons. The molecular weight excluding hydrogens is 144 g/mol. The molecule has 0 saturated heterocycles. The lowest BCUT2D eigenvalue weighted by atomic mass is 9.92. The number of rotatable bonds is 4. The van der Waals surface area contributed by atoms with Crippen LogP contribution in [0.15, 0.2) is 0 Å². The van der Waals surface area contributed by atoms with E-state index in [0.29, 0.717) is 5.41 Å². The molecule has 0 amide bonds. The Bertz CT molecular complexity index is 150. The van der Waals surface area contributed by atoms with Crippen molar-refractivity contribution < 1.29 is 0 Å². The molecular formula is C12H24. The molecule has 1 saturated carbocycles. The molecule has 4 atom stereocenters. The van der Waals surface area contributed by atoms with Gasteiger partial charge in [0, 0.05) is 0 Å². The van der Waals surface area contributed by atoms with E-state index in [2.05, 4.69) is 34.6 Å². The summed E-state index contributed by atoms with van der Waals surface area (Å²) in [6.07, 6.45) is 4.14. The largest absolute Gasteiger partial charge is 0.0654 e. The zero-order valence-electron chi connectivity index (χ0n) is 9.35. The molecule has 0 spiro atoms. The fourth-order valence-electron chi connectivity index (χ4n) is 3.17. The van der Waals surface area contributed by atoms with Crippen molar-refractivity contribution in [2.75, 3.05) is 0 Å². The van der Waals surface area contributed by atoms with Crippen molar-refractivity contribution in [3.05, 3.63) is 0 Å². The van der Waals surface area contributed by atoms with Crippen LogP contribution < -0.4 is 0 Å². The average Bonchev–Trinajstić information content (AvgIpc) is 2.54. The Kier molecular flexibility index (Phi) is 2.85. The van der Waals surface area contributed by atoms with Crippen molar-refractivity contribution in [3.8, 4) is 0 Å². The Labute approximate surface area is 77.7 Å². The minimum absolute atomic E-state index is 0.699. The topological polar surface area (TPSA) is 0 Å². The van der Waals surface area contributed by atoms with Crippen molar-refractivity contribution >= 4 is 0 Å². The van der Waals surface area contributed by atoms with Crippen LogP contribution in [0, 0.1) is 23.2 Å². The molecule has 0 aromatic heterocycles. The van der Waals surface area contributed by atoms with Gasteiger partial charge in [0.1, 0.15) is 0 Å². The van der Waals surface area contributed by atoms with E-state index in [-0.39, 0.29) is 0 Å². The van der Waals surface area contributed by atoms with Crippen molar-refractivity contribution in [1.82, 2.24) is 0 Å². The Hall–Kier alpha value is 0. The fourth-order valence-corrected chi connectivity index (χ4v) is 3.17. The normalized spacial score (nSPS) is 42.8. The van der Waals surface area contributed by atoms with Crippen molar-refractivity contribution in [3.63, 3.8) is 0 Å². The summed E-state index contributed by atoms with van der Waals surface area (Å²) in [6.45, 7) is 12.0. The highest BCUT2D eigenvalue weighted by Crippen LogP contribution is 2.64. The summed E-state index contributed by atoms with van der Waals surface area (Å²) in [5, 5.41) is 0. The minimum atomic E-state index is 0.699. The Balaban J connectivity index is 2.50. The van der Waals surface area contributed by atoms with E-state index in [1.165, 1.54) is 19.3 Å². The second kappa shape index (κ2) is 3.40. The van der Waals surface area contributed by atoms with E-state index >= 15 is 0 Å². The van der Waals surface area contributed by atoms with E-state index in [4.69, 9.17) is 0 Å². The maximum Gasteiger partial charge on any atom is -0.0264 e. The molecule has 1 aliphatic carbocycles.